The highest BCUT2D eigenvalue weighted by Gasteiger charge is 2.37. The number of hydrogen-bond donors (Lipinski definition) is 1. The summed E-state index contributed by atoms with van der Waals surface area (Å²) in [4.78, 5) is 25.4. The van der Waals surface area contributed by atoms with Gasteiger partial charge in [0.1, 0.15) is 0 Å². The number of carbonyl (C=O) groups excluding carboxylic acids is 1. The van der Waals surface area contributed by atoms with Crippen molar-refractivity contribution in [1.29, 1.82) is 0 Å². The minimum atomic E-state index is -0.792. The predicted molar refractivity (Wildman–Crippen MR) is 63.5 cm³/mol. The third kappa shape index (κ3) is 2.79. The number of piperidine rings is 1. The summed E-state index contributed by atoms with van der Waals surface area (Å²) in [5.74, 6) is -1.41. The molecule has 0 aromatic rings. The third-order valence-corrected chi connectivity index (χ3v) is 4.07. The van der Waals surface area contributed by atoms with E-state index in [-0.39, 0.29) is 11.8 Å². The van der Waals surface area contributed by atoms with Crippen LogP contribution in [0.25, 0.3) is 0 Å². The van der Waals surface area contributed by atoms with Crippen molar-refractivity contribution in [3.8, 4) is 0 Å². The monoisotopic (exact) mass is 239 g/mol. The molecule has 0 radical (unpaired) electrons. The molecule has 1 heterocycles. The average Bonchev–Trinajstić information content (AvgIpc) is 2.39. The van der Waals surface area contributed by atoms with Gasteiger partial charge in [-0.2, -0.15) is 0 Å². The molecular weight excluding hydrogens is 218 g/mol. The Morgan fingerprint density at radius 3 is 2.06 bits per heavy atom. The standard InChI is InChI=1S/C13H21NO3/c15-12(14-8-4-1-5-9-14)10-6-2-3-7-11(10)13(16)17/h10-11H,1-9H2,(H,16,17). The Hall–Kier alpha value is -1.06. The molecule has 17 heavy (non-hydrogen) atoms. The molecule has 0 spiro atoms. The number of carboxylic acids is 1. The Labute approximate surface area is 102 Å². The molecule has 2 rings (SSSR count). The molecule has 96 valence electrons. The fourth-order valence-corrected chi connectivity index (χ4v) is 3.07. The molecule has 1 saturated carbocycles. The second-order valence-electron chi connectivity index (χ2n) is 5.22. The molecular formula is C13H21NO3. The first-order chi connectivity index (χ1) is 8.20. The zero-order chi connectivity index (χ0) is 12.3. The van der Waals surface area contributed by atoms with E-state index in [9.17, 15) is 14.7 Å². The second-order valence-corrected chi connectivity index (χ2v) is 5.22. The maximum Gasteiger partial charge on any atom is 0.307 e. The zero-order valence-electron chi connectivity index (χ0n) is 10.2. The summed E-state index contributed by atoms with van der Waals surface area (Å²) in [6, 6.07) is 0. The summed E-state index contributed by atoms with van der Waals surface area (Å²) in [5, 5.41) is 9.19. The van der Waals surface area contributed by atoms with Gasteiger partial charge in [-0.25, -0.2) is 0 Å². The van der Waals surface area contributed by atoms with Gasteiger partial charge < -0.3 is 10.0 Å². The molecule has 4 heteroatoms. The predicted octanol–water partition coefficient (Wildman–Crippen LogP) is 1.89. The lowest BCUT2D eigenvalue weighted by molar-refractivity contribution is -0.152. The van der Waals surface area contributed by atoms with E-state index in [1.165, 1.54) is 6.42 Å². The van der Waals surface area contributed by atoms with Crippen molar-refractivity contribution in [1.82, 2.24) is 4.90 Å². The molecule has 1 saturated heterocycles. The molecule has 1 aliphatic carbocycles. The highest BCUT2D eigenvalue weighted by molar-refractivity contribution is 5.85. The summed E-state index contributed by atoms with van der Waals surface area (Å²) in [6.45, 7) is 1.64. The number of likely N-dealkylation sites (tertiary alicyclic amines) is 1. The molecule has 1 amide bonds. The Bertz CT molecular complexity index is 297. The molecule has 2 fully saturated rings. The highest BCUT2D eigenvalue weighted by Crippen LogP contribution is 2.32. The van der Waals surface area contributed by atoms with Crippen molar-refractivity contribution in [2.24, 2.45) is 11.8 Å². The fourth-order valence-electron chi connectivity index (χ4n) is 3.07. The third-order valence-electron chi connectivity index (χ3n) is 4.07. The number of aliphatic carboxylic acids is 1. The van der Waals surface area contributed by atoms with E-state index < -0.39 is 11.9 Å². The normalized spacial score (nSPS) is 30.0. The number of rotatable bonds is 2. The van der Waals surface area contributed by atoms with E-state index in [1.807, 2.05) is 4.90 Å². The SMILES string of the molecule is O=C(O)C1CCCCC1C(=O)N1CCCCC1. The van der Waals surface area contributed by atoms with Gasteiger partial charge >= 0.3 is 5.97 Å². The summed E-state index contributed by atoms with van der Waals surface area (Å²) in [7, 11) is 0. The molecule has 4 nitrogen and oxygen atoms in total. The largest absolute Gasteiger partial charge is 0.481 e. The lowest BCUT2D eigenvalue weighted by atomic mass is 9.78. The van der Waals surface area contributed by atoms with Crippen LogP contribution in [0, 0.1) is 11.8 Å². The molecule has 0 aromatic carbocycles. The Morgan fingerprint density at radius 1 is 0.882 bits per heavy atom. The molecule has 1 aliphatic heterocycles. The van der Waals surface area contributed by atoms with Crippen molar-refractivity contribution in [2.45, 2.75) is 44.9 Å². The topological polar surface area (TPSA) is 57.6 Å². The van der Waals surface area contributed by atoms with Crippen LogP contribution in [0.2, 0.25) is 0 Å². The van der Waals surface area contributed by atoms with Crippen molar-refractivity contribution >= 4 is 11.9 Å². The van der Waals surface area contributed by atoms with Crippen LogP contribution >= 0.6 is 0 Å². The van der Waals surface area contributed by atoms with Crippen molar-refractivity contribution in [3.05, 3.63) is 0 Å². The van der Waals surface area contributed by atoms with Crippen molar-refractivity contribution in [3.63, 3.8) is 0 Å². The summed E-state index contributed by atoms with van der Waals surface area (Å²) in [5.41, 5.74) is 0. The van der Waals surface area contributed by atoms with Crippen LogP contribution in [0.4, 0.5) is 0 Å². The van der Waals surface area contributed by atoms with Crippen LogP contribution in [0.5, 0.6) is 0 Å². The van der Waals surface area contributed by atoms with Crippen molar-refractivity contribution in [2.75, 3.05) is 13.1 Å². The quantitative estimate of drug-likeness (QED) is 0.800. The van der Waals surface area contributed by atoms with Gasteiger partial charge in [-0.15, -0.1) is 0 Å². The minimum absolute atomic E-state index is 0.0943. The Morgan fingerprint density at radius 2 is 1.47 bits per heavy atom. The number of amides is 1. The molecule has 2 atom stereocenters. The molecule has 1 N–H and O–H groups in total. The van der Waals surface area contributed by atoms with Gasteiger partial charge in [0.15, 0.2) is 0 Å². The minimum Gasteiger partial charge on any atom is -0.481 e. The van der Waals surface area contributed by atoms with Crippen LogP contribution in [0.1, 0.15) is 44.9 Å². The van der Waals surface area contributed by atoms with Crippen LogP contribution in [-0.2, 0) is 9.59 Å². The first-order valence-corrected chi connectivity index (χ1v) is 6.72. The second kappa shape index (κ2) is 5.52. The van der Waals surface area contributed by atoms with Gasteiger partial charge in [0.25, 0.3) is 0 Å². The highest BCUT2D eigenvalue weighted by atomic mass is 16.4. The van der Waals surface area contributed by atoms with Gasteiger partial charge in [-0.3, -0.25) is 9.59 Å². The molecule has 0 bridgehead atoms. The lowest BCUT2D eigenvalue weighted by Crippen LogP contribution is -2.44. The van der Waals surface area contributed by atoms with E-state index in [0.29, 0.717) is 6.42 Å². The van der Waals surface area contributed by atoms with E-state index in [0.717, 1.165) is 45.2 Å². The zero-order valence-corrected chi connectivity index (χ0v) is 10.2. The lowest BCUT2D eigenvalue weighted by Gasteiger charge is -2.34. The summed E-state index contributed by atoms with van der Waals surface area (Å²) in [6.07, 6.45) is 6.68. The maximum atomic E-state index is 12.3. The number of carbonyl (C=O) groups is 2. The van der Waals surface area contributed by atoms with E-state index in [1.54, 1.807) is 0 Å². The number of nitrogens with zero attached hydrogens (tertiary/aromatic N) is 1. The number of carboxylic acid groups (broad SMARTS) is 1. The average molecular weight is 239 g/mol. The maximum absolute atomic E-state index is 12.3. The van der Waals surface area contributed by atoms with Gasteiger partial charge in [-0.05, 0) is 32.1 Å². The molecule has 2 aliphatic rings. The van der Waals surface area contributed by atoms with Gasteiger partial charge in [0, 0.05) is 13.1 Å². The van der Waals surface area contributed by atoms with E-state index in [2.05, 4.69) is 0 Å². The van der Waals surface area contributed by atoms with Gasteiger partial charge in [0.2, 0.25) is 5.91 Å². The van der Waals surface area contributed by atoms with Crippen LogP contribution in [0.15, 0.2) is 0 Å². The van der Waals surface area contributed by atoms with Gasteiger partial charge in [0.05, 0.1) is 11.8 Å². The van der Waals surface area contributed by atoms with E-state index >= 15 is 0 Å². The van der Waals surface area contributed by atoms with Gasteiger partial charge in [-0.1, -0.05) is 12.8 Å². The van der Waals surface area contributed by atoms with E-state index in [4.69, 9.17) is 0 Å². The van der Waals surface area contributed by atoms with Crippen LogP contribution < -0.4 is 0 Å². The summed E-state index contributed by atoms with van der Waals surface area (Å²) < 4.78 is 0. The van der Waals surface area contributed by atoms with Crippen LogP contribution in [-0.4, -0.2) is 35.0 Å². The fraction of sp³-hybridized carbons (Fsp3) is 0.846. The first-order valence-electron chi connectivity index (χ1n) is 6.72. The summed E-state index contributed by atoms with van der Waals surface area (Å²) >= 11 is 0. The number of hydrogen-bond acceptors (Lipinski definition) is 2. The Kier molecular flexibility index (Phi) is 4.02. The molecule has 0 aromatic heterocycles. The Balaban J connectivity index is 2.02. The molecule has 2 unspecified atom stereocenters. The first kappa shape index (κ1) is 12.4. The smallest absolute Gasteiger partial charge is 0.307 e. The van der Waals surface area contributed by atoms with Crippen LogP contribution in [0.3, 0.4) is 0 Å². The van der Waals surface area contributed by atoms with Crippen molar-refractivity contribution < 1.29 is 14.7 Å².